The molecule has 1 aliphatic heterocycles. The molecule has 0 saturated heterocycles. The van der Waals surface area contributed by atoms with Gasteiger partial charge in [0.15, 0.2) is 0 Å². The number of nitrogens with zero attached hydrogens (tertiary/aromatic N) is 1. The minimum atomic E-state index is -5.16. The van der Waals surface area contributed by atoms with Crippen LogP contribution >= 0.6 is 0 Å². The number of carbonyl (C=O) groups excluding carboxylic acids is 1. The molecule has 0 radical (unpaired) electrons. The first-order valence-electron chi connectivity index (χ1n) is 8.53. The number of sulfonamides is 1. The van der Waals surface area contributed by atoms with Gasteiger partial charge in [0.2, 0.25) is 10.0 Å². The Labute approximate surface area is 172 Å². The van der Waals surface area contributed by atoms with Crippen molar-refractivity contribution in [1.82, 2.24) is 9.62 Å². The minimum Gasteiger partial charge on any atom is -0.405 e. The molecular formula is C18H14F6N2O4S. The zero-order chi connectivity index (χ0) is 23.2. The van der Waals surface area contributed by atoms with Crippen molar-refractivity contribution in [2.75, 3.05) is 7.05 Å². The summed E-state index contributed by atoms with van der Waals surface area (Å²) in [6.45, 7) is -0.465. The lowest BCUT2D eigenvalue weighted by Crippen LogP contribution is -2.28. The lowest BCUT2D eigenvalue weighted by atomic mass is 10.1. The number of nitrogens with one attached hydrogen (secondary N) is 1. The van der Waals surface area contributed by atoms with Crippen LogP contribution in [0, 0.1) is 0 Å². The van der Waals surface area contributed by atoms with E-state index < -0.39 is 50.2 Å². The largest absolute Gasteiger partial charge is 0.573 e. The predicted octanol–water partition coefficient (Wildman–Crippen LogP) is 3.67. The summed E-state index contributed by atoms with van der Waals surface area (Å²) < 4.78 is 107. The van der Waals surface area contributed by atoms with E-state index in [0.29, 0.717) is 11.6 Å². The second kappa shape index (κ2) is 7.71. The molecule has 1 N–H and O–H groups in total. The quantitative estimate of drug-likeness (QED) is 0.695. The van der Waals surface area contributed by atoms with Gasteiger partial charge in [-0.15, -0.1) is 13.2 Å². The van der Waals surface area contributed by atoms with Crippen molar-refractivity contribution in [2.24, 2.45) is 0 Å². The number of rotatable bonds is 4. The number of carbonyl (C=O) groups is 1. The molecule has 0 aromatic heterocycles. The maximum Gasteiger partial charge on any atom is 0.573 e. The van der Waals surface area contributed by atoms with Crippen LogP contribution in [0.15, 0.2) is 41.3 Å². The summed E-state index contributed by atoms with van der Waals surface area (Å²) in [4.78, 5) is 13.4. The third kappa shape index (κ3) is 4.93. The van der Waals surface area contributed by atoms with E-state index in [1.807, 2.05) is 4.72 Å². The number of hydrogen-bond donors (Lipinski definition) is 1. The van der Waals surface area contributed by atoms with Crippen molar-refractivity contribution in [3.63, 3.8) is 0 Å². The van der Waals surface area contributed by atoms with Gasteiger partial charge in [-0.2, -0.15) is 13.2 Å². The fraction of sp³-hybridized carbons (Fsp3) is 0.278. The standard InChI is InChI=1S/C18H14F6N2O4S/c1-25-31(28,29)13-4-5-15(30-18(22,23)24)14(7-13)16(27)26-8-10-2-3-12(17(19,20)21)6-11(10)9-26/h2-7,25H,8-9H2,1H3. The number of benzene rings is 2. The highest BCUT2D eigenvalue weighted by atomic mass is 32.2. The lowest BCUT2D eigenvalue weighted by Gasteiger charge is -2.19. The Morgan fingerprint density at radius 3 is 2.23 bits per heavy atom. The molecule has 13 heteroatoms. The maximum atomic E-state index is 12.9. The highest BCUT2D eigenvalue weighted by Crippen LogP contribution is 2.35. The molecule has 0 aliphatic carbocycles. The summed E-state index contributed by atoms with van der Waals surface area (Å²) in [6.07, 6.45) is -9.76. The SMILES string of the molecule is CNS(=O)(=O)c1ccc(OC(F)(F)F)c(C(=O)N2Cc3ccc(C(F)(F)F)cc3C2)c1. The van der Waals surface area contributed by atoms with Crippen molar-refractivity contribution in [1.29, 1.82) is 0 Å². The molecule has 0 saturated carbocycles. The highest BCUT2D eigenvalue weighted by Gasteiger charge is 2.36. The van der Waals surface area contributed by atoms with Crippen LogP contribution in [0.4, 0.5) is 26.3 Å². The van der Waals surface area contributed by atoms with Crippen LogP contribution in [0.3, 0.4) is 0 Å². The van der Waals surface area contributed by atoms with E-state index in [2.05, 4.69) is 4.74 Å². The van der Waals surface area contributed by atoms with E-state index >= 15 is 0 Å². The Morgan fingerprint density at radius 1 is 1.00 bits per heavy atom. The second-order valence-electron chi connectivity index (χ2n) is 6.56. The zero-order valence-electron chi connectivity index (χ0n) is 15.6. The van der Waals surface area contributed by atoms with Gasteiger partial charge >= 0.3 is 12.5 Å². The molecule has 2 aromatic carbocycles. The number of alkyl halides is 6. The van der Waals surface area contributed by atoms with Gasteiger partial charge in [0, 0.05) is 13.1 Å². The number of fused-ring (bicyclic) bond motifs is 1. The Balaban J connectivity index is 1.98. The summed E-state index contributed by atoms with van der Waals surface area (Å²) >= 11 is 0. The van der Waals surface area contributed by atoms with Crippen LogP contribution in [-0.4, -0.2) is 32.6 Å². The van der Waals surface area contributed by atoms with Crippen molar-refractivity contribution >= 4 is 15.9 Å². The fourth-order valence-electron chi connectivity index (χ4n) is 3.06. The Hall–Kier alpha value is -2.80. The highest BCUT2D eigenvalue weighted by molar-refractivity contribution is 7.89. The normalized spacial score (nSPS) is 14.5. The second-order valence-corrected chi connectivity index (χ2v) is 8.44. The van der Waals surface area contributed by atoms with Gasteiger partial charge in [0.05, 0.1) is 16.0 Å². The minimum absolute atomic E-state index is 0.166. The van der Waals surface area contributed by atoms with Crippen LogP contribution in [0.25, 0.3) is 0 Å². The van der Waals surface area contributed by atoms with E-state index in [0.717, 1.165) is 36.2 Å². The number of halogens is 6. The fourth-order valence-corrected chi connectivity index (χ4v) is 3.82. The molecule has 3 rings (SSSR count). The van der Waals surface area contributed by atoms with Gasteiger partial charge in [0.25, 0.3) is 5.91 Å². The van der Waals surface area contributed by atoms with Crippen molar-refractivity contribution in [3.8, 4) is 5.75 Å². The van der Waals surface area contributed by atoms with E-state index in [-0.39, 0.29) is 18.7 Å². The molecule has 1 aliphatic rings. The van der Waals surface area contributed by atoms with Gasteiger partial charge in [-0.3, -0.25) is 4.79 Å². The van der Waals surface area contributed by atoms with Crippen LogP contribution < -0.4 is 9.46 Å². The average Bonchev–Trinajstić information content (AvgIpc) is 3.09. The van der Waals surface area contributed by atoms with Gasteiger partial charge in [-0.05, 0) is 48.5 Å². The smallest absolute Gasteiger partial charge is 0.405 e. The van der Waals surface area contributed by atoms with Gasteiger partial charge in [-0.1, -0.05) is 6.07 Å². The lowest BCUT2D eigenvalue weighted by molar-refractivity contribution is -0.274. The molecule has 0 bridgehead atoms. The zero-order valence-corrected chi connectivity index (χ0v) is 16.5. The summed E-state index contributed by atoms with van der Waals surface area (Å²) in [5.41, 5.74) is -1.06. The molecular weight excluding hydrogens is 454 g/mol. The van der Waals surface area contributed by atoms with Crippen LogP contribution in [0.2, 0.25) is 0 Å². The average molecular weight is 468 g/mol. The molecule has 1 heterocycles. The summed E-state index contributed by atoms with van der Waals surface area (Å²) in [5, 5.41) is 0. The van der Waals surface area contributed by atoms with E-state index in [1.165, 1.54) is 6.07 Å². The van der Waals surface area contributed by atoms with Crippen LogP contribution in [0.1, 0.15) is 27.0 Å². The molecule has 6 nitrogen and oxygen atoms in total. The van der Waals surface area contributed by atoms with Crippen LogP contribution in [-0.2, 0) is 29.3 Å². The van der Waals surface area contributed by atoms with Crippen LogP contribution in [0.5, 0.6) is 5.75 Å². The molecule has 0 unspecified atom stereocenters. The molecule has 0 spiro atoms. The van der Waals surface area contributed by atoms with Crippen molar-refractivity contribution < 1.29 is 44.3 Å². The first kappa shape index (κ1) is 22.9. The third-order valence-corrected chi connectivity index (χ3v) is 5.94. The molecule has 2 aromatic rings. The molecule has 0 fully saturated rings. The topological polar surface area (TPSA) is 75.7 Å². The first-order valence-corrected chi connectivity index (χ1v) is 10.0. The third-order valence-electron chi connectivity index (χ3n) is 4.53. The maximum absolute atomic E-state index is 12.9. The van der Waals surface area contributed by atoms with E-state index in [9.17, 15) is 39.6 Å². The van der Waals surface area contributed by atoms with E-state index in [4.69, 9.17) is 0 Å². The number of amides is 1. The number of ether oxygens (including phenoxy) is 1. The van der Waals surface area contributed by atoms with Crippen molar-refractivity contribution in [2.45, 2.75) is 30.5 Å². The molecule has 0 atom stereocenters. The summed E-state index contributed by atoms with van der Waals surface area (Å²) in [6, 6.07) is 5.12. The Bertz CT molecular complexity index is 1130. The van der Waals surface area contributed by atoms with Crippen molar-refractivity contribution in [3.05, 3.63) is 58.7 Å². The monoisotopic (exact) mass is 468 g/mol. The predicted molar refractivity (Wildman–Crippen MR) is 94.4 cm³/mol. The van der Waals surface area contributed by atoms with Gasteiger partial charge in [0.1, 0.15) is 5.75 Å². The summed E-state index contributed by atoms with van der Waals surface area (Å²) in [7, 11) is -3.02. The van der Waals surface area contributed by atoms with Gasteiger partial charge < -0.3 is 9.64 Å². The van der Waals surface area contributed by atoms with E-state index in [1.54, 1.807) is 0 Å². The molecule has 1 amide bonds. The molecule has 168 valence electrons. The summed E-state index contributed by atoms with van der Waals surface area (Å²) in [5.74, 6) is -1.96. The Kier molecular flexibility index (Phi) is 5.69. The first-order chi connectivity index (χ1) is 14.2. The molecule has 31 heavy (non-hydrogen) atoms. The Morgan fingerprint density at radius 2 is 1.65 bits per heavy atom. The van der Waals surface area contributed by atoms with Gasteiger partial charge in [-0.25, -0.2) is 13.1 Å². The number of hydrogen-bond acceptors (Lipinski definition) is 4.